The molecule has 0 N–H and O–H groups in total. The molecule has 0 amide bonds. The second kappa shape index (κ2) is 15.7. The van der Waals surface area contributed by atoms with Gasteiger partial charge in [-0.25, -0.2) is 4.79 Å². The van der Waals surface area contributed by atoms with E-state index in [0.29, 0.717) is 26.4 Å². The second-order valence-corrected chi connectivity index (χ2v) is 6.26. The number of hydrogen-bond acceptors (Lipinski definition) is 5. The highest BCUT2D eigenvalue weighted by atomic mass is 28.3. The molecule has 6 heteroatoms. The summed E-state index contributed by atoms with van der Waals surface area (Å²) in [7, 11) is -1.93. The van der Waals surface area contributed by atoms with Gasteiger partial charge in [-0.3, -0.25) is 0 Å². The van der Waals surface area contributed by atoms with Crippen LogP contribution in [0.1, 0.15) is 52.4 Å². The number of ether oxygens (including phenoxy) is 1. The van der Waals surface area contributed by atoms with Crippen LogP contribution in [0.5, 0.6) is 0 Å². The van der Waals surface area contributed by atoms with Gasteiger partial charge in [0.2, 0.25) is 0 Å². The van der Waals surface area contributed by atoms with Crippen molar-refractivity contribution in [3.63, 3.8) is 0 Å². The van der Waals surface area contributed by atoms with Crippen LogP contribution >= 0.6 is 0 Å². The summed E-state index contributed by atoms with van der Waals surface area (Å²) in [6, 6.07) is 0. The zero-order valence-electron chi connectivity index (χ0n) is 13.5. The van der Waals surface area contributed by atoms with Crippen molar-refractivity contribution in [1.82, 2.24) is 0 Å². The van der Waals surface area contributed by atoms with Crippen molar-refractivity contribution in [2.75, 3.05) is 26.4 Å². The average molecular weight is 318 g/mol. The third kappa shape index (κ3) is 14.0. The van der Waals surface area contributed by atoms with Gasteiger partial charge in [0.05, 0.1) is 6.61 Å². The van der Waals surface area contributed by atoms with E-state index in [1.54, 1.807) is 0 Å². The average Bonchev–Trinajstić information content (AvgIpc) is 2.51. The van der Waals surface area contributed by atoms with E-state index >= 15 is 0 Å². The van der Waals surface area contributed by atoms with Crippen LogP contribution in [0.3, 0.4) is 0 Å². The van der Waals surface area contributed by atoms with E-state index in [1.807, 2.05) is 0 Å². The fourth-order valence-corrected chi connectivity index (χ4v) is 3.05. The normalized spacial score (nSPS) is 10.8. The first kappa shape index (κ1) is 20.3. The summed E-state index contributed by atoms with van der Waals surface area (Å²) >= 11 is 0. The summed E-state index contributed by atoms with van der Waals surface area (Å²) < 4.78 is 21.8. The van der Waals surface area contributed by atoms with Crippen molar-refractivity contribution in [3.8, 4) is 0 Å². The van der Waals surface area contributed by atoms with Crippen molar-refractivity contribution >= 4 is 15.5 Å². The second-order valence-electron chi connectivity index (χ2n) is 4.69. The van der Waals surface area contributed by atoms with Crippen LogP contribution in [0.2, 0.25) is 0 Å². The Morgan fingerprint density at radius 3 is 1.95 bits per heavy atom. The van der Waals surface area contributed by atoms with Gasteiger partial charge in [-0.15, -0.1) is 0 Å². The van der Waals surface area contributed by atoms with Gasteiger partial charge in [-0.05, 0) is 32.1 Å². The third-order valence-corrected chi connectivity index (χ3v) is 4.14. The molecule has 0 atom stereocenters. The quantitative estimate of drug-likeness (QED) is 0.201. The van der Waals surface area contributed by atoms with Gasteiger partial charge in [0.1, 0.15) is 0 Å². The number of unbranched alkanes of at least 4 members (excludes halogenated alkanes) is 3. The van der Waals surface area contributed by atoms with Crippen LogP contribution in [0.15, 0.2) is 12.7 Å². The molecule has 0 aliphatic carbocycles. The van der Waals surface area contributed by atoms with E-state index in [9.17, 15) is 4.79 Å². The first-order valence-electron chi connectivity index (χ1n) is 7.88. The number of hydrogen-bond donors (Lipinski definition) is 0. The molecular formula is C15H30O5Si. The molecule has 0 aromatic heterocycles. The standard InChI is InChI=1S/C15H30O5Si/c1-4-11-18-21(19-12-5-2)20-14-10-8-7-9-13-17-15(16)6-3/h6,21H,3-5,7-14H2,1-2H3. The lowest BCUT2D eigenvalue weighted by Gasteiger charge is -2.16. The first-order valence-corrected chi connectivity index (χ1v) is 9.30. The molecule has 0 aromatic carbocycles. The van der Waals surface area contributed by atoms with Crippen molar-refractivity contribution in [1.29, 1.82) is 0 Å². The monoisotopic (exact) mass is 318 g/mol. The van der Waals surface area contributed by atoms with Crippen molar-refractivity contribution in [2.24, 2.45) is 0 Å². The van der Waals surface area contributed by atoms with Gasteiger partial charge >= 0.3 is 15.5 Å². The number of rotatable bonds is 15. The number of esters is 1. The Hall–Kier alpha value is -0.693. The molecule has 124 valence electrons. The van der Waals surface area contributed by atoms with Gasteiger partial charge in [0, 0.05) is 25.9 Å². The van der Waals surface area contributed by atoms with Gasteiger partial charge in [-0.1, -0.05) is 26.8 Å². The van der Waals surface area contributed by atoms with Crippen LogP contribution in [0, 0.1) is 0 Å². The summed E-state index contributed by atoms with van der Waals surface area (Å²) in [4.78, 5) is 10.8. The van der Waals surface area contributed by atoms with Crippen molar-refractivity contribution in [2.45, 2.75) is 52.4 Å². The molecule has 5 nitrogen and oxygen atoms in total. The summed E-state index contributed by atoms with van der Waals surface area (Å²) in [6.45, 7) is 10.0. The van der Waals surface area contributed by atoms with E-state index in [4.69, 9.17) is 18.0 Å². The minimum atomic E-state index is -1.93. The molecule has 0 saturated carbocycles. The van der Waals surface area contributed by atoms with Crippen LogP contribution in [-0.4, -0.2) is 41.9 Å². The molecule has 0 bridgehead atoms. The van der Waals surface area contributed by atoms with Crippen molar-refractivity contribution < 1.29 is 22.8 Å². The summed E-state index contributed by atoms with van der Waals surface area (Å²) in [5, 5.41) is 0. The van der Waals surface area contributed by atoms with E-state index < -0.39 is 9.53 Å². The maximum absolute atomic E-state index is 10.8. The fourth-order valence-electron chi connectivity index (χ4n) is 1.54. The summed E-state index contributed by atoms with van der Waals surface area (Å²) in [6.07, 6.45) is 7.06. The van der Waals surface area contributed by atoms with Gasteiger partial charge in [-0.2, -0.15) is 0 Å². The van der Waals surface area contributed by atoms with E-state index in [0.717, 1.165) is 38.5 Å². The molecule has 0 unspecified atom stereocenters. The highest BCUT2D eigenvalue weighted by Crippen LogP contribution is 2.03. The lowest BCUT2D eigenvalue weighted by Crippen LogP contribution is -2.28. The third-order valence-electron chi connectivity index (χ3n) is 2.62. The number of carbonyl (C=O) groups is 1. The molecule has 0 spiro atoms. The molecule has 0 aliphatic rings. The summed E-state index contributed by atoms with van der Waals surface area (Å²) in [5.74, 6) is -0.353. The van der Waals surface area contributed by atoms with Crippen molar-refractivity contribution in [3.05, 3.63) is 12.7 Å². The lowest BCUT2D eigenvalue weighted by molar-refractivity contribution is -0.137. The highest BCUT2D eigenvalue weighted by molar-refractivity contribution is 6.36. The largest absolute Gasteiger partial charge is 0.484 e. The zero-order valence-corrected chi connectivity index (χ0v) is 14.6. The van der Waals surface area contributed by atoms with Gasteiger partial charge in [0.25, 0.3) is 0 Å². The van der Waals surface area contributed by atoms with Crippen LogP contribution < -0.4 is 0 Å². The SMILES string of the molecule is C=CC(=O)OCCCCCCO[SiH](OCCC)OCCC. The molecule has 0 rings (SSSR count). The van der Waals surface area contributed by atoms with E-state index in [-0.39, 0.29) is 5.97 Å². The van der Waals surface area contributed by atoms with E-state index in [2.05, 4.69) is 20.4 Å². The Morgan fingerprint density at radius 1 is 0.905 bits per heavy atom. The first-order chi connectivity index (χ1) is 10.2. The minimum absolute atomic E-state index is 0.353. The summed E-state index contributed by atoms with van der Waals surface area (Å²) in [5.41, 5.74) is 0. The molecule has 0 aliphatic heterocycles. The fraction of sp³-hybridized carbons (Fsp3) is 0.800. The smallest absolute Gasteiger partial charge is 0.463 e. The number of carbonyl (C=O) groups excluding carboxylic acids is 1. The molecule has 0 aromatic rings. The minimum Gasteiger partial charge on any atom is -0.463 e. The molecule has 21 heavy (non-hydrogen) atoms. The predicted octanol–water partition coefficient (Wildman–Crippen LogP) is 2.86. The zero-order chi connectivity index (χ0) is 15.8. The topological polar surface area (TPSA) is 54.0 Å². The maximum atomic E-state index is 10.8. The highest BCUT2D eigenvalue weighted by Gasteiger charge is 2.14. The Morgan fingerprint density at radius 2 is 1.43 bits per heavy atom. The van der Waals surface area contributed by atoms with Gasteiger partial charge < -0.3 is 18.0 Å². The predicted molar refractivity (Wildman–Crippen MR) is 85.2 cm³/mol. The van der Waals surface area contributed by atoms with Gasteiger partial charge in [0.15, 0.2) is 0 Å². The lowest BCUT2D eigenvalue weighted by atomic mass is 10.2. The Balaban J connectivity index is 3.47. The molecule has 0 heterocycles. The Kier molecular flexibility index (Phi) is 15.2. The Labute approximate surface area is 130 Å². The Bertz CT molecular complexity index is 252. The van der Waals surface area contributed by atoms with E-state index in [1.165, 1.54) is 6.08 Å². The molecular weight excluding hydrogens is 288 g/mol. The van der Waals surface area contributed by atoms with Crippen LogP contribution in [0.25, 0.3) is 0 Å². The van der Waals surface area contributed by atoms with Crippen LogP contribution in [0.4, 0.5) is 0 Å². The molecule has 0 fully saturated rings. The van der Waals surface area contributed by atoms with Crippen LogP contribution in [-0.2, 0) is 22.8 Å². The molecule has 0 radical (unpaired) electrons. The maximum Gasteiger partial charge on any atom is 0.484 e. The molecule has 0 saturated heterocycles.